The molecule has 2 aliphatic heterocycles. The van der Waals surface area contributed by atoms with Gasteiger partial charge in [-0.25, -0.2) is 4.39 Å². The summed E-state index contributed by atoms with van der Waals surface area (Å²) in [6.07, 6.45) is 1.06. The second-order valence-corrected chi connectivity index (χ2v) is 4.35. The van der Waals surface area contributed by atoms with Gasteiger partial charge < -0.3 is 5.32 Å². The van der Waals surface area contributed by atoms with E-state index < -0.39 is 0 Å². The van der Waals surface area contributed by atoms with E-state index in [9.17, 15) is 4.39 Å². The quantitative estimate of drug-likeness (QED) is 0.783. The minimum atomic E-state index is -0.110. The molecule has 1 aromatic carbocycles. The summed E-state index contributed by atoms with van der Waals surface area (Å²) < 4.78 is 13.2. The van der Waals surface area contributed by atoms with Crippen molar-refractivity contribution in [1.29, 1.82) is 0 Å². The second-order valence-electron chi connectivity index (χ2n) is 4.35. The lowest BCUT2D eigenvalue weighted by molar-refractivity contribution is 0.151. The van der Waals surface area contributed by atoms with Gasteiger partial charge in [-0.2, -0.15) is 0 Å². The molecule has 1 aromatic rings. The monoisotopic (exact) mass is 278 g/mol. The third kappa shape index (κ3) is 2.74. The van der Waals surface area contributed by atoms with Crippen molar-refractivity contribution >= 4 is 24.8 Å². The van der Waals surface area contributed by atoms with E-state index in [2.05, 4.69) is 10.2 Å². The van der Waals surface area contributed by atoms with Crippen molar-refractivity contribution in [3.63, 3.8) is 0 Å². The summed E-state index contributed by atoms with van der Waals surface area (Å²) in [6, 6.07) is 5.61. The van der Waals surface area contributed by atoms with Gasteiger partial charge in [0.25, 0.3) is 0 Å². The number of benzene rings is 1. The minimum Gasteiger partial charge on any atom is -0.314 e. The maximum atomic E-state index is 13.2. The zero-order valence-electron chi connectivity index (χ0n) is 9.49. The smallest absolute Gasteiger partial charge is 0.123 e. The average Bonchev–Trinajstić information content (AvgIpc) is 2.29. The molecule has 17 heavy (non-hydrogen) atoms. The number of nitrogens with zero attached hydrogens (tertiary/aromatic N) is 1. The molecule has 0 aromatic heterocycles. The van der Waals surface area contributed by atoms with E-state index >= 15 is 0 Å². The summed E-state index contributed by atoms with van der Waals surface area (Å²) in [7, 11) is 0. The summed E-state index contributed by atoms with van der Waals surface area (Å²) in [5, 5.41) is 3.38. The molecule has 0 spiro atoms. The van der Waals surface area contributed by atoms with Crippen molar-refractivity contribution in [3.05, 3.63) is 35.1 Å². The number of fused-ring (bicyclic) bond motifs is 3. The molecule has 1 fully saturated rings. The van der Waals surface area contributed by atoms with Crippen LogP contribution in [0.25, 0.3) is 0 Å². The Kier molecular flexibility index (Phi) is 5.20. The van der Waals surface area contributed by atoms with Gasteiger partial charge in [-0.1, -0.05) is 6.07 Å². The number of piperazine rings is 1. The van der Waals surface area contributed by atoms with Crippen molar-refractivity contribution in [2.45, 2.75) is 12.5 Å². The molecule has 1 unspecified atom stereocenters. The van der Waals surface area contributed by atoms with Crippen molar-refractivity contribution in [1.82, 2.24) is 10.2 Å². The molecule has 0 amide bonds. The Hall–Kier alpha value is -0.350. The Morgan fingerprint density at radius 1 is 1.24 bits per heavy atom. The van der Waals surface area contributed by atoms with Crippen LogP contribution in [0.1, 0.15) is 17.2 Å². The van der Waals surface area contributed by atoms with Crippen LogP contribution in [0, 0.1) is 5.82 Å². The summed E-state index contributed by atoms with van der Waals surface area (Å²) in [5.74, 6) is -0.110. The fourth-order valence-corrected chi connectivity index (χ4v) is 2.69. The van der Waals surface area contributed by atoms with E-state index in [1.54, 1.807) is 12.1 Å². The van der Waals surface area contributed by atoms with Gasteiger partial charge in [0.15, 0.2) is 0 Å². The fourth-order valence-electron chi connectivity index (χ4n) is 2.69. The van der Waals surface area contributed by atoms with E-state index in [-0.39, 0.29) is 30.6 Å². The molecule has 0 saturated carbocycles. The molecule has 2 nitrogen and oxygen atoms in total. The predicted molar refractivity (Wildman–Crippen MR) is 71.8 cm³/mol. The first kappa shape index (κ1) is 14.7. The van der Waals surface area contributed by atoms with Crippen LogP contribution >= 0.6 is 24.8 Å². The summed E-state index contributed by atoms with van der Waals surface area (Å²) in [5.41, 5.74) is 2.51. The summed E-state index contributed by atoms with van der Waals surface area (Å²) in [6.45, 7) is 4.21. The Morgan fingerprint density at radius 2 is 2.06 bits per heavy atom. The lowest BCUT2D eigenvalue weighted by atomic mass is 9.91. The van der Waals surface area contributed by atoms with Crippen molar-refractivity contribution in [2.24, 2.45) is 0 Å². The molecular formula is C12H17Cl2FN2. The second kappa shape index (κ2) is 6.01. The maximum absolute atomic E-state index is 13.2. The van der Waals surface area contributed by atoms with E-state index in [0.29, 0.717) is 6.04 Å². The first-order valence-corrected chi connectivity index (χ1v) is 5.58. The molecule has 2 aliphatic rings. The topological polar surface area (TPSA) is 15.3 Å². The number of hydrogen-bond acceptors (Lipinski definition) is 2. The van der Waals surface area contributed by atoms with Crippen LogP contribution in [0.15, 0.2) is 18.2 Å². The highest BCUT2D eigenvalue weighted by atomic mass is 35.5. The number of nitrogens with one attached hydrogen (secondary N) is 1. The summed E-state index contributed by atoms with van der Waals surface area (Å²) in [4.78, 5) is 2.46. The van der Waals surface area contributed by atoms with Crippen LogP contribution in [0.4, 0.5) is 4.39 Å². The van der Waals surface area contributed by atoms with Crippen molar-refractivity contribution in [3.8, 4) is 0 Å². The summed E-state index contributed by atoms with van der Waals surface area (Å²) >= 11 is 0. The Morgan fingerprint density at radius 3 is 2.88 bits per heavy atom. The van der Waals surface area contributed by atoms with Crippen LogP contribution in [-0.4, -0.2) is 31.1 Å². The number of hydrogen-bond donors (Lipinski definition) is 1. The van der Waals surface area contributed by atoms with Crippen LogP contribution in [0.3, 0.4) is 0 Å². The van der Waals surface area contributed by atoms with Gasteiger partial charge in [0, 0.05) is 32.2 Å². The highest BCUT2D eigenvalue weighted by molar-refractivity contribution is 5.85. The van der Waals surface area contributed by atoms with Crippen LogP contribution in [-0.2, 0) is 6.42 Å². The Balaban J connectivity index is 0.000000722. The highest BCUT2D eigenvalue weighted by Gasteiger charge is 2.29. The minimum absolute atomic E-state index is 0. The maximum Gasteiger partial charge on any atom is 0.123 e. The molecule has 2 heterocycles. The SMILES string of the molecule is Cl.Cl.Fc1ccc2c(c1)C1CNCCN1CC2. The first-order valence-electron chi connectivity index (χ1n) is 5.58. The molecule has 0 radical (unpaired) electrons. The van der Waals surface area contributed by atoms with Gasteiger partial charge in [-0.05, 0) is 29.7 Å². The van der Waals surface area contributed by atoms with Gasteiger partial charge in [0.1, 0.15) is 5.82 Å². The zero-order valence-corrected chi connectivity index (χ0v) is 11.1. The van der Waals surface area contributed by atoms with E-state index in [0.717, 1.165) is 32.6 Å². The highest BCUT2D eigenvalue weighted by Crippen LogP contribution is 2.30. The Bertz CT molecular complexity index is 387. The van der Waals surface area contributed by atoms with Crippen molar-refractivity contribution < 1.29 is 4.39 Å². The molecule has 96 valence electrons. The van der Waals surface area contributed by atoms with Gasteiger partial charge >= 0.3 is 0 Å². The molecule has 0 aliphatic carbocycles. The average molecular weight is 279 g/mol. The lowest BCUT2D eigenvalue weighted by Crippen LogP contribution is -2.48. The largest absolute Gasteiger partial charge is 0.314 e. The van der Waals surface area contributed by atoms with Gasteiger partial charge in [-0.3, -0.25) is 4.90 Å². The molecular weight excluding hydrogens is 262 g/mol. The van der Waals surface area contributed by atoms with E-state index in [4.69, 9.17) is 0 Å². The van der Waals surface area contributed by atoms with Gasteiger partial charge in [0.05, 0.1) is 0 Å². The van der Waals surface area contributed by atoms with Gasteiger partial charge in [-0.15, -0.1) is 24.8 Å². The van der Waals surface area contributed by atoms with Crippen molar-refractivity contribution in [2.75, 3.05) is 26.2 Å². The Labute approximate surface area is 113 Å². The molecule has 3 rings (SSSR count). The normalized spacial score (nSPS) is 22.8. The van der Waals surface area contributed by atoms with Crippen LogP contribution in [0.5, 0.6) is 0 Å². The number of rotatable bonds is 0. The zero-order chi connectivity index (χ0) is 10.3. The third-order valence-corrected chi connectivity index (χ3v) is 3.49. The first-order chi connectivity index (χ1) is 7.34. The molecule has 0 bridgehead atoms. The van der Waals surface area contributed by atoms with Crippen LogP contribution < -0.4 is 5.32 Å². The third-order valence-electron chi connectivity index (χ3n) is 3.49. The molecule has 1 N–H and O–H groups in total. The standard InChI is InChI=1S/C12H15FN2.2ClH/c13-10-2-1-9-3-5-15-6-4-14-8-12(15)11(9)7-10;;/h1-2,7,12,14H,3-6,8H2;2*1H. The van der Waals surface area contributed by atoms with Gasteiger partial charge in [0.2, 0.25) is 0 Å². The van der Waals surface area contributed by atoms with E-state index in [1.807, 2.05) is 6.07 Å². The lowest BCUT2D eigenvalue weighted by Gasteiger charge is -2.40. The number of halogens is 3. The van der Waals surface area contributed by atoms with Crippen LogP contribution in [0.2, 0.25) is 0 Å². The molecule has 5 heteroatoms. The molecule has 1 atom stereocenters. The molecule has 1 saturated heterocycles. The predicted octanol–water partition coefficient (Wildman–Crippen LogP) is 2.17. The fraction of sp³-hybridized carbons (Fsp3) is 0.500. The van der Waals surface area contributed by atoms with E-state index in [1.165, 1.54) is 11.1 Å².